The predicted octanol–water partition coefficient (Wildman–Crippen LogP) is 5.79. The van der Waals surface area contributed by atoms with Gasteiger partial charge in [0.1, 0.15) is 19.3 Å². The van der Waals surface area contributed by atoms with Gasteiger partial charge in [-0.25, -0.2) is 0 Å². The number of carbonyl (C=O) groups excluding carboxylic acids is 1. The number of phosphoric ester groups is 1. The summed E-state index contributed by atoms with van der Waals surface area (Å²) in [4.78, 5) is 24.1. The third-order valence-electron chi connectivity index (χ3n) is 5.57. The summed E-state index contributed by atoms with van der Waals surface area (Å²) in [5.41, 5.74) is 0. The van der Waals surface area contributed by atoms with Crippen LogP contribution >= 0.6 is 7.82 Å². The summed E-state index contributed by atoms with van der Waals surface area (Å²) in [7, 11) is 1.34. The maximum atomic E-state index is 12.1. The normalized spacial score (nSPS) is 14.7. The van der Waals surface area contributed by atoms with E-state index in [1.807, 2.05) is 28.1 Å². The molecule has 2 unspecified atom stereocenters. The largest absolute Gasteiger partial charge is 0.756 e. The molecule has 8 nitrogen and oxygen atoms in total. The molecule has 0 amide bonds. The van der Waals surface area contributed by atoms with Crippen LogP contribution in [0.1, 0.15) is 97.3 Å². The first-order chi connectivity index (χ1) is 17.1. The van der Waals surface area contributed by atoms with E-state index >= 15 is 0 Å². The number of quaternary nitrogens is 1. The minimum absolute atomic E-state index is 0.0252. The molecule has 0 heterocycles. The number of likely N-dealkylation sites (N-methyl/N-ethyl adjacent to an activating group) is 1. The first kappa shape index (κ1) is 35.2. The van der Waals surface area contributed by atoms with Gasteiger partial charge in [-0.15, -0.1) is 0 Å². The van der Waals surface area contributed by atoms with Crippen LogP contribution in [0.15, 0.2) is 12.2 Å². The number of hydrogen-bond donors (Lipinski definition) is 0. The zero-order valence-corrected chi connectivity index (χ0v) is 24.6. The van der Waals surface area contributed by atoms with E-state index in [-0.39, 0.29) is 32.2 Å². The Balaban J connectivity index is 4.17. The number of nitrogens with zero attached hydrogens (tertiary/aromatic N) is 1. The summed E-state index contributed by atoms with van der Waals surface area (Å²) < 4.78 is 33.7. The van der Waals surface area contributed by atoms with Crippen molar-refractivity contribution in [2.75, 3.05) is 54.1 Å². The van der Waals surface area contributed by atoms with Crippen LogP contribution in [0, 0.1) is 0 Å². The minimum Gasteiger partial charge on any atom is -0.756 e. The second-order valence-electron chi connectivity index (χ2n) is 10.4. The number of hydrogen-bond acceptors (Lipinski definition) is 7. The van der Waals surface area contributed by atoms with Crippen molar-refractivity contribution < 1.29 is 37.3 Å². The van der Waals surface area contributed by atoms with Gasteiger partial charge in [-0.1, -0.05) is 70.9 Å². The Morgan fingerprint density at radius 2 is 1.44 bits per heavy atom. The lowest BCUT2D eigenvalue weighted by Gasteiger charge is -2.28. The average molecular weight is 536 g/mol. The van der Waals surface area contributed by atoms with Gasteiger partial charge in [-0.3, -0.25) is 9.36 Å². The molecule has 0 fully saturated rings. The quantitative estimate of drug-likeness (QED) is 0.0480. The Hall–Kier alpha value is -0.760. The second-order valence-corrected chi connectivity index (χ2v) is 11.8. The van der Waals surface area contributed by atoms with Gasteiger partial charge in [0, 0.05) is 13.0 Å². The highest BCUT2D eigenvalue weighted by Crippen LogP contribution is 2.38. The molecule has 2 atom stereocenters. The molecular weight excluding hydrogens is 481 g/mol. The Labute approximate surface area is 220 Å². The summed E-state index contributed by atoms with van der Waals surface area (Å²) in [5, 5.41) is 0. The molecule has 0 radical (unpaired) electrons. The smallest absolute Gasteiger partial charge is 0.306 e. The van der Waals surface area contributed by atoms with E-state index in [0.717, 1.165) is 25.7 Å². The standard InChI is InChI=1S/C27H54NO7P/c1-6-8-10-11-12-13-14-15-16-17-18-19-22-32-24-26(35-27(29)20-9-7-2)25-34-36(30,31)33-23-21-28(3,4)5/h11-12,26H,6-10,13-25H2,1-5H3/b12-11-. The number of ether oxygens (including phenoxy) is 2. The lowest BCUT2D eigenvalue weighted by Crippen LogP contribution is -2.37. The fraction of sp³-hybridized carbons (Fsp3) is 0.889. The van der Waals surface area contributed by atoms with E-state index < -0.39 is 13.9 Å². The monoisotopic (exact) mass is 535 g/mol. The summed E-state index contributed by atoms with van der Waals surface area (Å²) >= 11 is 0. The van der Waals surface area contributed by atoms with E-state index in [9.17, 15) is 14.3 Å². The van der Waals surface area contributed by atoms with Crippen LogP contribution in [-0.2, 0) is 27.9 Å². The maximum absolute atomic E-state index is 12.1. The Morgan fingerprint density at radius 1 is 0.833 bits per heavy atom. The molecule has 0 saturated carbocycles. The Bertz CT molecular complexity index is 607. The summed E-state index contributed by atoms with van der Waals surface area (Å²) in [5.74, 6) is -0.374. The van der Waals surface area contributed by atoms with Crippen LogP contribution in [0.5, 0.6) is 0 Å². The molecule has 0 aromatic rings. The van der Waals surface area contributed by atoms with E-state index in [4.69, 9.17) is 18.5 Å². The third-order valence-corrected chi connectivity index (χ3v) is 6.53. The van der Waals surface area contributed by atoms with Crippen LogP contribution in [0.3, 0.4) is 0 Å². The SMILES string of the molecule is CCCC/C=C\CCCCCCCCOCC(COP(=O)([O-])OCC[N+](C)(C)C)OC(=O)CCCC. The van der Waals surface area contributed by atoms with Crippen molar-refractivity contribution in [3.63, 3.8) is 0 Å². The van der Waals surface area contributed by atoms with Crippen molar-refractivity contribution >= 4 is 13.8 Å². The maximum Gasteiger partial charge on any atom is 0.306 e. The molecule has 0 bridgehead atoms. The van der Waals surface area contributed by atoms with Gasteiger partial charge in [-0.2, -0.15) is 0 Å². The molecule has 0 spiro atoms. The molecule has 0 rings (SSSR count). The molecule has 36 heavy (non-hydrogen) atoms. The molecule has 214 valence electrons. The van der Waals surface area contributed by atoms with Crippen LogP contribution < -0.4 is 4.89 Å². The zero-order chi connectivity index (χ0) is 27.1. The van der Waals surface area contributed by atoms with Gasteiger partial charge in [0.25, 0.3) is 7.82 Å². The van der Waals surface area contributed by atoms with Gasteiger partial charge in [0.05, 0.1) is 34.4 Å². The molecule has 0 aromatic carbocycles. The number of esters is 1. The molecule has 0 aliphatic rings. The number of unbranched alkanes of at least 4 members (excludes halogenated alkanes) is 9. The van der Waals surface area contributed by atoms with Crippen molar-refractivity contribution in [2.45, 2.75) is 103 Å². The van der Waals surface area contributed by atoms with Gasteiger partial charge in [0.15, 0.2) is 0 Å². The van der Waals surface area contributed by atoms with Crippen molar-refractivity contribution in [2.24, 2.45) is 0 Å². The average Bonchev–Trinajstić information content (AvgIpc) is 2.80. The van der Waals surface area contributed by atoms with Crippen LogP contribution in [0.25, 0.3) is 0 Å². The number of allylic oxidation sites excluding steroid dienone is 2. The van der Waals surface area contributed by atoms with Crippen LogP contribution in [-0.4, -0.2) is 70.7 Å². The Kier molecular flexibility index (Phi) is 21.8. The molecule has 0 aromatic heterocycles. The first-order valence-electron chi connectivity index (χ1n) is 13.9. The van der Waals surface area contributed by atoms with Crippen molar-refractivity contribution in [3.05, 3.63) is 12.2 Å². The molecule has 9 heteroatoms. The highest BCUT2D eigenvalue weighted by Gasteiger charge is 2.20. The highest BCUT2D eigenvalue weighted by atomic mass is 31.2. The molecule has 0 N–H and O–H groups in total. The van der Waals surface area contributed by atoms with Gasteiger partial charge in [-0.05, 0) is 32.1 Å². The summed E-state index contributed by atoms with van der Waals surface area (Å²) in [6, 6.07) is 0. The molecular formula is C27H54NO7P. The van der Waals surface area contributed by atoms with Crippen molar-refractivity contribution in [3.8, 4) is 0 Å². The summed E-state index contributed by atoms with van der Waals surface area (Å²) in [6.45, 7) is 5.08. The summed E-state index contributed by atoms with van der Waals surface area (Å²) in [6.07, 6.45) is 17.5. The number of carbonyl (C=O) groups is 1. The first-order valence-corrected chi connectivity index (χ1v) is 15.4. The van der Waals surface area contributed by atoms with E-state index in [1.54, 1.807) is 0 Å². The van der Waals surface area contributed by atoms with Crippen LogP contribution in [0.2, 0.25) is 0 Å². The predicted molar refractivity (Wildman–Crippen MR) is 144 cm³/mol. The van der Waals surface area contributed by atoms with Gasteiger partial charge in [0.2, 0.25) is 0 Å². The Morgan fingerprint density at radius 3 is 2.08 bits per heavy atom. The lowest BCUT2D eigenvalue weighted by atomic mass is 10.1. The van der Waals surface area contributed by atoms with E-state index in [2.05, 4.69) is 19.1 Å². The van der Waals surface area contributed by atoms with Crippen molar-refractivity contribution in [1.29, 1.82) is 0 Å². The second kappa shape index (κ2) is 22.2. The van der Waals surface area contributed by atoms with Gasteiger partial charge < -0.3 is 27.9 Å². The fourth-order valence-corrected chi connectivity index (χ4v) is 3.99. The zero-order valence-electron chi connectivity index (χ0n) is 23.7. The van der Waals surface area contributed by atoms with E-state index in [1.165, 1.54) is 51.4 Å². The molecule has 0 saturated heterocycles. The van der Waals surface area contributed by atoms with Gasteiger partial charge >= 0.3 is 5.97 Å². The minimum atomic E-state index is -4.48. The number of phosphoric acid groups is 1. The third kappa shape index (κ3) is 24.9. The van der Waals surface area contributed by atoms with Crippen LogP contribution in [0.4, 0.5) is 0 Å². The topological polar surface area (TPSA) is 94.1 Å². The number of rotatable bonds is 25. The lowest BCUT2D eigenvalue weighted by molar-refractivity contribution is -0.870. The fourth-order valence-electron chi connectivity index (χ4n) is 3.27. The van der Waals surface area contributed by atoms with E-state index in [0.29, 0.717) is 17.6 Å². The highest BCUT2D eigenvalue weighted by molar-refractivity contribution is 7.45. The molecule has 0 aliphatic heterocycles. The van der Waals surface area contributed by atoms with Crippen molar-refractivity contribution in [1.82, 2.24) is 0 Å². The molecule has 0 aliphatic carbocycles.